The van der Waals surface area contributed by atoms with Crippen molar-refractivity contribution in [3.63, 3.8) is 0 Å². The maximum atomic E-state index is 12.0. The van der Waals surface area contributed by atoms with E-state index >= 15 is 0 Å². The van der Waals surface area contributed by atoms with Crippen LogP contribution in [0.25, 0.3) is 0 Å². The van der Waals surface area contributed by atoms with Crippen molar-refractivity contribution < 1.29 is 14.7 Å². The molecule has 5 heteroatoms. The summed E-state index contributed by atoms with van der Waals surface area (Å²) in [6.45, 7) is 0. The van der Waals surface area contributed by atoms with Crippen LogP contribution in [0.1, 0.15) is 32.1 Å². The first kappa shape index (κ1) is 12.1. The molecule has 2 atom stereocenters. The quantitative estimate of drug-likeness (QED) is 0.621. The van der Waals surface area contributed by atoms with Gasteiger partial charge in [0, 0.05) is 6.04 Å². The van der Waals surface area contributed by atoms with Crippen molar-refractivity contribution in [3.8, 4) is 0 Å². The number of hydrogen-bond acceptors (Lipinski definition) is 3. The van der Waals surface area contributed by atoms with Crippen molar-refractivity contribution >= 4 is 11.9 Å². The van der Waals surface area contributed by atoms with Crippen LogP contribution in [0.4, 0.5) is 0 Å². The molecule has 2 aliphatic carbocycles. The average molecular weight is 238 g/mol. The molecule has 0 aromatic rings. The van der Waals surface area contributed by atoms with E-state index < -0.39 is 17.4 Å². The van der Waals surface area contributed by atoms with Gasteiger partial charge < -0.3 is 16.2 Å². The molecule has 2 unspecified atom stereocenters. The lowest BCUT2D eigenvalue weighted by molar-refractivity contribution is -0.140. The third-order valence-electron chi connectivity index (χ3n) is 3.67. The van der Waals surface area contributed by atoms with Crippen molar-refractivity contribution in [2.45, 2.75) is 43.7 Å². The lowest BCUT2D eigenvalue weighted by Gasteiger charge is -2.24. The summed E-state index contributed by atoms with van der Waals surface area (Å²) in [5, 5.41) is 11.7. The van der Waals surface area contributed by atoms with Gasteiger partial charge in [-0.3, -0.25) is 9.59 Å². The molecule has 2 aliphatic rings. The third-order valence-corrected chi connectivity index (χ3v) is 3.67. The Morgan fingerprint density at radius 3 is 2.47 bits per heavy atom. The van der Waals surface area contributed by atoms with Crippen LogP contribution in [0.5, 0.6) is 0 Å². The average Bonchev–Trinajstić information content (AvgIpc) is 2.88. The van der Waals surface area contributed by atoms with Crippen LogP contribution in [-0.2, 0) is 9.59 Å². The van der Waals surface area contributed by atoms with E-state index in [9.17, 15) is 9.59 Å². The largest absolute Gasteiger partial charge is 0.481 e. The zero-order valence-corrected chi connectivity index (χ0v) is 9.69. The number of hydrogen-bond donors (Lipinski definition) is 3. The maximum Gasteiger partial charge on any atom is 0.310 e. The van der Waals surface area contributed by atoms with E-state index in [-0.39, 0.29) is 11.9 Å². The summed E-state index contributed by atoms with van der Waals surface area (Å²) < 4.78 is 0. The van der Waals surface area contributed by atoms with Crippen molar-refractivity contribution in [2.75, 3.05) is 0 Å². The van der Waals surface area contributed by atoms with Crippen molar-refractivity contribution in [3.05, 3.63) is 12.2 Å². The van der Waals surface area contributed by atoms with Crippen molar-refractivity contribution in [1.29, 1.82) is 0 Å². The van der Waals surface area contributed by atoms with Gasteiger partial charge >= 0.3 is 5.97 Å². The first-order chi connectivity index (χ1) is 8.01. The highest BCUT2D eigenvalue weighted by Crippen LogP contribution is 2.28. The number of carboxylic acid groups (broad SMARTS) is 1. The maximum absolute atomic E-state index is 12.0. The lowest BCUT2D eigenvalue weighted by Crippen LogP contribution is -2.54. The summed E-state index contributed by atoms with van der Waals surface area (Å²) in [4.78, 5) is 22.7. The molecule has 2 rings (SSSR count). The molecule has 4 N–H and O–H groups in total. The molecular formula is C12H18N2O3. The second-order valence-corrected chi connectivity index (χ2v) is 5.01. The van der Waals surface area contributed by atoms with Crippen molar-refractivity contribution in [2.24, 2.45) is 11.7 Å². The van der Waals surface area contributed by atoms with Gasteiger partial charge in [0.2, 0.25) is 5.91 Å². The molecule has 0 aliphatic heterocycles. The number of nitrogens with one attached hydrogen (secondary N) is 1. The Bertz CT molecular complexity index is 359. The zero-order valence-electron chi connectivity index (χ0n) is 9.69. The summed E-state index contributed by atoms with van der Waals surface area (Å²) in [5.74, 6) is -1.48. The topological polar surface area (TPSA) is 92.4 Å². The molecule has 5 nitrogen and oxygen atoms in total. The van der Waals surface area contributed by atoms with Gasteiger partial charge in [0.1, 0.15) is 0 Å². The highest BCUT2D eigenvalue weighted by molar-refractivity contribution is 5.87. The molecule has 0 bridgehead atoms. The second kappa shape index (κ2) is 4.49. The molecule has 0 aromatic carbocycles. The normalized spacial score (nSPS) is 30.4. The molecule has 1 saturated carbocycles. The minimum atomic E-state index is -0.846. The van der Waals surface area contributed by atoms with E-state index in [4.69, 9.17) is 10.8 Å². The van der Waals surface area contributed by atoms with Gasteiger partial charge in [0.05, 0.1) is 11.5 Å². The molecule has 1 fully saturated rings. The first-order valence-electron chi connectivity index (χ1n) is 6.02. The summed E-state index contributed by atoms with van der Waals surface area (Å²) >= 11 is 0. The fraction of sp³-hybridized carbons (Fsp3) is 0.667. The summed E-state index contributed by atoms with van der Waals surface area (Å²) in [7, 11) is 0. The van der Waals surface area contributed by atoms with E-state index in [1.54, 1.807) is 12.2 Å². The number of nitrogens with two attached hydrogens (primary N) is 1. The molecule has 0 radical (unpaired) electrons. The second-order valence-electron chi connectivity index (χ2n) is 5.01. The molecule has 0 saturated heterocycles. The fourth-order valence-electron chi connectivity index (χ4n) is 2.53. The van der Waals surface area contributed by atoms with Crippen LogP contribution >= 0.6 is 0 Å². The van der Waals surface area contributed by atoms with Gasteiger partial charge in [-0.1, -0.05) is 25.0 Å². The Morgan fingerprint density at radius 1 is 1.29 bits per heavy atom. The Hall–Kier alpha value is -1.36. The summed E-state index contributed by atoms with van der Waals surface area (Å²) in [5.41, 5.74) is 5.28. The minimum absolute atomic E-state index is 0.143. The van der Waals surface area contributed by atoms with Crippen LogP contribution in [0.2, 0.25) is 0 Å². The van der Waals surface area contributed by atoms with Crippen molar-refractivity contribution in [1.82, 2.24) is 5.32 Å². The number of aliphatic carboxylic acids is 1. The Morgan fingerprint density at radius 2 is 1.94 bits per heavy atom. The van der Waals surface area contributed by atoms with E-state index in [1.807, 2.05) is 0 Å². The molecule has 0 spiro atoms. The van der Waals surface area contributed by atoms with Crippen LogP contribution < -0.4 is 11.1 Å². The highest BCUT2D eigenvalue weighted by atomic mass is 16.4. The first-order valence-corrected chi connectivity index (χ1v) is 6.02. The van der Waals surface area contributed by atoms with Gasteiger partial charge in [-0.15, -0.1) is 0 Å². The highest BCUT2D eigenvalue weighted by Gasteiger charge is 2.38. The third kappa shape index (κ3) is 2.49. The van der Waals surface area contributed by atoms with Crippen LogP contribution in [0.15, 0.2) is 12.2 Å². The van der Waals surface area contributed by atoms with E-state index in [0.717, 1.165) is 25.7 Å². The fourth-order valence-corrected chi connectivity index (χ4v) is 2.53. The van der Waals surface area contributed by atoms with Crippen LogP contribution in [-0.4, -0.2) is 28.6 Å². The summed E-state index contributed by atoms with van der Waals surface area (Å²) in [6.07, 6.45) is 7.22. The number of carbonyl (C=O) groups excluding carboxylic acids is 1. The molecule has 94 valence electrons. The monoisotopic (exact) mass is 238 g/mol. The predicted octanol–water partition coefficient (Wildman–Crippen LogP) is 0.403. The number of carbonyl (C=O) groups is 2. The Kier molecular flexibility index (Phi) is 3.19. The molecule has 1 amide bonds. The number of amides is 1. The van der Waals surface area contributed by atoms with Crippen LogP contribution in [0, 0.1) is 5.92 Å². The minimum Gasteiger partial charge on any atom is -0.481 e. The van der Waals surface area contributed by atoms with Gasteiger partial charge in [0.15, 0.2) is 0 Å². The number of carboxylic acids is 1. The molecule has 17 heavy (non-hydrogen) atoms. The molecular weight excluding hydrogens is 220 g/mol. The van der Waals surface area contributed by atoms with Gasteiger partial charge in [-0.25, -0.2) is 0 Å². The van der Waals surface area contributed by atoms with Gasteiger partial charge in [0.25, 0.3) is 0 Å². The van der Waals surface area contributed by atoms with E-state index in [2.05, 4.69) is 5.32 Å². The SMILES string of the molecule is NC1(C(=O)NC2C=CC(C(=O)O)C2)CCCC1. The van der Waals surface area contributed by atoms with Gasteiger partial charge in [-0.05, 0) is 19.3 Å². The van der Waals surface area contributed by atoms with E-state index in [0.29, 0.717) is 6.42 Å². The molecule has 0 heterocycles. The zero-order chi connectivity index (χ0) is 12.5. The predicted molar refractivity (Wildman–Crippen MR) is 62.2 cm³/mol. The van der Waals surface area contributed by atoms with Gasteiger partial charge in [-0.2, -0.15) is 0 Å². The smallest absolute Gasteiger partial charge is 0.310 e. The standard InChI is InChI=1S/C12H18N2O3/c13-12(5-1-2-6-12)11(17)14-9-4-3-8(7-9)10(15)16/h3-4,8-9H,1-2,5-7,13H2,(H,14,17)(H,15,16). The molecule has 0 aromatic heterocycles. The Labute approximate surface area is 100 Å². The lowest BCUT2D eigenvalue weighted by atomic mass is 9.97. The van der Waals surface area contributed by atoms with Crippen LogP contribution in [0.3, 0.4) is 0 Å². The van der Waals surface area contributed by atoms with E-state index in [1.165, 1.54) is 0 Å². The Balaban J connectivity index is 1.89. The summed E-state index contributed by atoms with van der Waals surface area (Å²) in [6, 6.07) is -0.190. The number of rotatable bonds is 3.